The summed E-state index contributed by atoms with van der Waals surface area (Å²) in [5.74, 6) is -1.69. The average molecular weight is 266 g/mol. The standard InChI is InChI=1S/C15H22O4/c1-7-9-6-15(3,4)12(9)14(19)13(18)8(2)11(17)5-10(7)16/h8-9,11-12,14,17,19H,1,5-6H2,2-4H3/t8-,9-,11-,12-,14+/m1/s1. The van der Waals surface area contributed by atoms with Crippen LogP contribution in [0.1, 0.15) is 33.6 Å². The van der Waals surface area contributed by atoms with Crippen molar-refractivity contribution in [1.82, 2.24) is 0 Å². The molecule has 4 heteroatoms. The molecule has 4 nitrogen and oxygen atoms in total. The molecular weight excluding hydrogens is 244 g/mol. The van der Waals surface area contributed by atoms with Crippen molar-refractivity contribution >= 4 is 11.6 Å². The van der Waals surface area contributed by atoms with Crippen LogP contribution in [0.3, 0.4) is 0 Å². The number of rotatable bonds is 0. The van der Waals surface area contributed by atoms with Gasteiger partial charge in [-0.25, -0.2) is 0 Å². The molecule has 2 N–H and O–H groups in total. The molecule has 19 heavy (non-hydrogen) atoms. The van der Waals surface area contributed by atoms with Gasteiger partial charge in [0.1, 0.15) is 6.10 Å². The molecule has 0 radical (unpaired) electrons. The van der Waals surface area contributed by atoms with E-state index in [2.05, 4.69) is 6.58 Å². The first-order chi connectivity index (χ1) is 8.66. The number of aliphatic hydroxyl groups excluding tert-OH is 2. The Kier molecular flexibility index (Phi) is 3.43. The predicted molar refractivity (Wildman–Crippen MR) is 70.3 cm³/mol. The normalized spacial score (nSPS) is 42.8. The number of allylic oxidation sites excluding steroid dienone is 1. The molecule has 2 aliphatic rings. The van der Waals surface area contributed by atoms with Crippen molar-refractivity contribution in [3.63, 3.8) is 0 Å². The Balaban J connectivity index is 2.39. The van der Waals surface area contributed by atoms with Crippen LogP contribution in [0.2, 0.25) is 0 Å². The summed E-state index contributed by atoms with van der Waals surface area (Å²) >= 11 is 0. The van der Waals surface area contributed by atoms with Crippen LogP contribution in [0.5, 0.6) is 0 Å². The van der Waals surface area contributed by atoms with E-state index in [0.717, 1.165) is 6.42 Å². The molecular formula is C15H22O4. The molecule has 0 aliphatic heterocycles. The van der Waals surface area contributed by atoms with Gasteiger partial charge in [0, 0.05) is 18.3 Å². The van der Waals surface area contributed by atoms with Gasteiger partial charge in [0.25, 0.3) is 0 Å². The van der Waals surface area contributed by atoms with E-state index in [1.54, 1.807) is 6.92 Å². The molecule has 0 amide bonds. The highest BCUT2D eigenvalue weighted by atomic mass is 16.3. The van der Waals surface area contributed by atoms with Gasteiger partial charge in [0.05, 0.1) is 6.10 Å². The summed E-state index contributed by atoms with van der Waals surface area (Å²) in [4.78, 5) is 24.2. The molecule has 2 fully saturated rings. The van der Waals surface area contributed by atoms with Gasteiger partial charge < -0.3 is 10.2 Å². The molecule has 2 aliphatic carbocycles. The number of hydrogen-bond donors (Lipinski definition) is 2. The minimum Gasteiger partial charge on any atom is -0.392 e. The number of Topliss-reactive ketones (excluding diaryl/α,β-unsaturated/α-hetero) is 2. The van der Waals surface area contributed by atoms with Gasteiger partial charge in [-0.3, -0.25) is 9.59 Å². The van der Waals surface area contributed by atoms with Gasteiger partial charge in [0.2, 0.25) is 0 Å². The second-order valence-electron chi connectivity index (χ2n) is 6.68. The number of carbonyl (C=O) groups excluding carboxylic acids is 2. The summed E-state index contributed by atoms with van der Waals surface area (Å²) in [5, 5.41) is 20.2. The first kappa shape index (κ1) is 14.4. The molecule has 5 atom stereocenters. The zero-order valence-corrected chi connectivity index (χ0v) is 11.7. The molecule has 0 aromatic heterocycles. The van der Waals surface area contributed by atoms with Crippen molar-refractivity contribution in [3.8, 4) is 0 Å². The van der Waals surface area contributed by atoms with Gasteiger partial charge in [-0.15, -0.1) is 0 Å². The van der Waals surface area contributed by atoms with E-state index < -0.39 is 18.1 Å². The first-order valence-corrected chi connectivity index (χ1v) is 6.78. The van der Waals surface area contributed by atoms with E-state index in [0.29, 0.717) is 5.57 Å². The molecule has 2 saturated carbocycles. The van der Waals surface area contributed by atoms with Crippen molar-refractivity contribution < 1.29 is 19.8 Å². The molecule has 2 rings (SSSR count). The summed E-state index contributed by atoms with van der Waals surface area (Å²) < 4.78 is 0. The van der Waals surface area contributed by atoms with Crippen LogP contribution in [0.15, 0.2) is 12.2 Å². The Morgan fingerprint density at radius 3 is 2.37 bits per heavy atom. The maximum atomic E-state index is 12.2. The molecule has 0 bridgehead atoms. The van der Waals surface area contributed by atoms with E-state index in [4.69, 9.17) is 0 Å². The van der Waals surface area contributed by atoms with Gasteiger partial charge >= 0.3 is 0 Å². The SMILES string of the molecule is C=C1C(=O)C[C@@H](O)[C@@H](C)C(=O)[C@@H](O)[C@H]2[C@@H]1CC2(C)C. The fraction of sp³-hybridized carbons (Fsp3) is 0.733. The largest absolute Gasteiger partial charge is 0.392 e. The number of hydrogen-bond acceptors (Lipinski definition) is 4. The van der Waals surface area contributed by atoms with Crippen molar-refractivity contribution in [2.45, 2.75) is 45.8 Å². The maximum absolute atomic E-state index is 12.2. The van der Waals surface area contributed by atoms with Crippen LogP contribution in [0, 0.1) is 23.2 Å². The third-order valence-corrected chi connectivity index (χ3v) is 4.94. The fourth-order valence-corrected chi connectivity index (χ4v) is 3.54. The highest BCUT2D eigenvalue weighted by molar-refractivity contribution is 5.97. The van der Waals surface area contributed by atoms with E-state index in [1.807, 2.05) is 13.8 Å². The van der Waals surface area contributed by atoms with Crippen LogP contribution < -0.4 is 0 Å². The van der Waals surface area contributed by atoms with Gasteiger partial charge in [0.15, 0.2) is 11.6 Å². The molecule has 0 unspecified atom stereocenters. The highest BCUT2D eigenvalue weighted by Gasteiger charge is 2.55. The van der Waals surface area contributed by atoms with E-state index >= 15 is 0 Å². The Morgan fingerprint density at radius 1 is 1.26 bits per heavy atom. The Morgan fingerprint density at radius 2 is 1.84 bits per heavy atom. The van der Waals surface area contributed by atoms with Crippen molar-refractivity contribution in [2.24, 2.45) is 23.2 Å². The van der Waals surface area contributed by atoms with Gasteiger partial charge in [-0.05, 0) is 23.3 Å². The Labute approximate surface area is 113 Å². The minimum absolute atomic E-state index is 0.0812. The third-order valence-electron chi connectivity index (χ3n) is 4.94. The molecule has 106 valence electrons. The number of carbonyl (C=O) groups is 2. The average Bonchev–Trinajstić information content (AvgIpc) is 2.33. The summed E-state index contributed by atoms with van der Waals surface area (Å²) in [7, 11) is 0. The van der Waals surface area contributed by atoms with Crippen molar-refractivity contribution in [3.05, 3.63) is 12.2 Å². The fourth-order valence-electron chi connectivity index (χ4n) is 3.54. The Bertz CT molecular complexity index is 437. The van der Waals surface area contributed by atoms with Crippen LogP contribution in [-0.2, 0) is 9.59 Å². The lowest BCUT2D eigenvalue weighted by Crippen LogP contribution is -2.54. The van der Waals surface area contributed by atoms with Crippen LogP contribution in [0.4, 0.5) is 0 Å². The smallest absolute Gasteiger partial charge is 0.166 e. The number of aliphatic hydroxyl groups is 2. The first-order valence-electron chi connectivity index (χ1n) is 6.78. The zero-order chi connectivity index (χ0) is 14.5. The Hall–Kier alpha value is -1.00. The number of fused-ring (bicyclic) bond motifs is 1. The van der Waals surface area contributed by atoms with Crippen LogP contribution in [0.25, 0.3) is 0 Å². The van der Waals surface area contributed by atoms with Crippen molar-refractivity contribution in [1.29, 1.82) is 0 Å². The lowest BCUT2D eigenvalue weighted by atomic mass is 9.51. The van der Waals surface area contributed by atoms with E-state index in [9.17, 15) is 19.8 Å². The summed E-state index contributed by atoms with van der Waals surface area (Å²) in [6, 6.07) is 0. The topological polar surface area (TPSA) is 74.6 Å². The van der Waals surface area contributed by atoms with Crippen LogP contribution in [-0.4, -0.2) is 34.0 Å². The lowest BCUT2D eigenvalue weighted by molar-refractivity contribution is -0.149. The number of ketones is 2. The van der Waals surface area contributed by atoms with Gasteiger partial charge in [-0.2, -0.15) is 0 Å². The highest BCUT2D eigenvalue weighted by Crippen LogP contribution is 2.56. The summed E-state index contributed by atoms with van der Waals surface area (Å²) in [6.07, 6.45) is -1.49. The van der Waals surface area contributed by atoms with E-state index in [1.165, 1.54) is 0 Å². The second kappa shape index (κ2) is 4.53. The van der Waals surface area contributed by atoms with Crippen LogP contribution >= 0.6 is 0 Å². The lowest BCUT2D eigenvalue weighted by Gasteiger charge is -2.53. The minimum atomic E-state index is -1.12. The monoisotopic (exact) mass is 266 g/mol. The van der Waals surface area contributed by atoms with Gasteiger partial charge in [-0.1, -0.05) is 27.4 Å². The molecule has 0 heterocycles. The van der Waals surface area contributed by atoms with E-state index in [-0.39, 0.29) is 35.2 Å². The molecule has 0 aromatic rings. The molecule has 0 aromatic carbocycles. The zero-order valence-electron chi connectivity index (χ0n) is 11.7. The maximum Gasteiger partial charge on any atom is 0.166 e. The third kappa shape index (κ3) is 2.17. The quantitative estimate of drug-likeness (QED) is 0.644. The molecule has 0 spiro atoms. The predicted octanol–water partition coefficient (Wildman–Crippen LogP) is 1.10. The second-order valence-corrected chi connectivity index (χ2v) is 6.68. The summed E-state index contributed by atoms with van der Waals surface area (Å²) in [6.45, 7) is 9.37. The summed E-state index contributed by atoms with van der Waals surface area (Å²) in [5.41, 5.74) is 0.266. The van der Waals surface area contributed by atoms with Crippen molar-refractivity contribution in [2.75, 3.05) is 0 Å². The molecule has 0 saturated heterocycles.